The van der Waals surface area contributed by atoms with E-state index in [9.17, 15) is 4.79 Å². The first-order valence-corrected chi connectivity index (χ1v) is 10.4. The van der Waals surface area contributed by atoms with Gasteiger partial charge in [0.1, 0.15) is 0 Å². The third-order valence-electron chi connectivity index (χ3n) is 6.69. The van der Waals surface area contributed by atoms with Crippen molar-refractivity contribution in [1.82, 2.24) is 10.2 Å². The fourth-order valence-electron chi connectivity index (χ4n) is 5.00. The summed E-state index contributed by atoms with van der Waals surface area (Å²) in [6.45, 7) is 6.94. The lowest BCUT2D eigenvalue weighted by Crippen LogP contribution is -2.69. The molecule has 26 heavy (non-hydrogen) atoms. The average Bonchev–Trinajstić information content (AvgIpc) is 3.35. The van der Waals surface area contributed by atoms with E-state index in [4.69, 9.17) is 0 Å². The van der Waals surface area contributed by atoms with Crippen LogP contribution in [0, 0.1) is 5.92 Å². The molecule has 0 radical (unpaired) electrons. The first kappa shape index (κ1) is 18.3. The summed E-state index contributed by atoms with van der Waals surface area (Å²) in [6, 6.07) is 8.88. The molecule has 3 saturated heterocycles. The molecule has 3 nitrogen and oxygen atoms in total. The maximum Gasteiger partial charge on any atom is 0.261 e. The first-order valence-electron chi connectivity index (χ1n) is 9.62. The van der Waals surface area contributed by atoms with Crippen molar-refractivity contribution in [2.45, 2.75) is 57.0 Å². The van der Waals surface area contributed by atoms with Crippen LogP contribution in [0.3, 0.4) is 0 Å². The predicted octanol–water partition coefficient (Wildman–Crippen LogP) is 4.80. The van der Waals surface area contributed by atoms with Gasteiger partial charge in [-0.25, -0.2) is 0 Å². The number of rotatable bonds is 3. The molecule has 6 rings (SSSR count). The molecule has 1 aliphatic carbocycles. The Hall–Kier alpha value is -1.10. The Balaban J connectivity index is 0.00000168. The monoisotopic (exact) mass is 390 g/mol. The molecule has 1 amide bonds. The summed E-state index contributed by atoms with van der Waals surface area (Å²) in [7, 11) is 0. The number of halogens is 1. The Morgan fingerprint density at radius 1 is 1.19 bits per heavy atom. The van der Waals surface area contributed by atoms with E-state index in [0.717, 1.165) is 10.8 Å². The number of hydrogen-bond donors (Lipinski definition) is 1. The fourth-order valence-corrected chi connectivity index (χ4v) is 6.16. The zero-order valence-electron chi connectivity index (χ0n) is 15.5. The molecule has 140 valence electrons. The Kier molecular flexibility index (Phi) is 4.57. The zero-order chi connectivity index (χ0) is 17.2. The van der Waals surface area contributed by atoms with Gasteiger partial charge >= 0.3 is 0 Å². The summed E-state index contributed by atoms with van der Waals surface area (Å²) < 4.78 is 1.32. The quantitative estimate of drug-likeness (QED) is 0.816. The van der Waals surface area contributed by atoms with Gasteiger partial charge in [-0.2, -0.15) is 0 Å². The van der Waals surface area contributed by atoms with E-state index in [1.54, 1.807) is 11.3 Å². The number of carbonyl (C=O) groups is 1. The number of hydrogen-bond acceptors (Lipinski definition) is 3. The van der Waals surface area contributed by atoms with Gasteiger partial charge in [0.2, 0.25) is 0 Å². The van der Waals surface area contributed by atoms with Crippen LogP contribution in [0.1, 0.15) is 60.7 Å². The lowest BCUT2D eigenvalue weighted by molar-refractivity contribution is -0.0377. The lowest BCUT2D eigenvalue weighted by Gasteiger charge is -2.56. The molecule has 4 heterocycles. The number of benzene rings is 1. The molecule has 4 aliphatic rings. The van der Waals surface area contributed by atoms with Crippen molar-refractivity contribution in [2.75, 3.05) is 13.1 Å². The molecule has 5 heteroatoms. The molecular weight excluding hydrogens is 364 g/mol. The standard InChI is InChI=1S/C21H26N2OS.ClH/c1-21(2)19(14-8-10-23(21)11-9-14)22-20(24)17-12-15-4-3-5-16(13-6-7-13)18(15)25-17;/h3-5,12-14,19H,6-11H2,1-2H3,(H,22,24);1H. The van der Waals surface area contributed by atoms with Crippen LogP contribution in [0.5, 0.6) is 0 Å². The largest absolute Gasteiger partial charge is 0.346 e. The van der Waals surface area contributed by atoms with Crippen LogP contribution < -0.4 is 5.32 Å². The minimum absolute atomic E-state index is 0. The van der Waals surface area contributed by atoms with Crippen LogP contribution in [-0.2, 0) is 0 Å². The van der Waals surface area contributed by atoms with Crippen LogP contribution in [-0.4, -0.2) is 35.5 Å². The zero-order valence-corrected chi connectivity index (χ0v) is 17.1. The molecule has 0 spiro atoms. The normalized spacial score (nSPS) is 29.4. The van der Waals surface area contributed by atoms with E-state index in [0.29, 0.717) is 5.92 Å². The van der Waals surface area contributed by atoms with Crippen LogP contribution in [0.2, 0.25) is 0 Å². The van der Waals surface area contributed by atoms with E-state index < -0.39 is 0 Å². The number of nitrogens with zero attached hydrogens (tertiary/aromatic N) is 1. The minimum Gasteiger partial charge on any atom is -0.346 e. The molecule has 1 aromatic carbocycles. The highest BCUT2D eigenvalue weighted by Gasteiger charge is 2.48. The van der Waals surface area contributed by atoms with Crippen LogP contribution >= 0.6 is 23.7 Å². The number of nitrogens with one attached hydrogen (secondary N) is 1. The maximum absolute atomic E-state index is 13.0. The van der Waals surface area contributed by atoms with Gasteiger partial charge in [0.15, 0.2) is 0 Å². The SMILES string of the molecule is CC1(C)C(NC(=O)c2cc3cccc(C4CC4)c3s2)C2CCN1CC2.Cl. The summed E-state index contributed by atoms with van der Waals surface area (Å²) in [5, 5.41) is 4.64. The second kappa shape index (κ2) is 6.50. The van der Waals surface area contributed by atoms with E-state index in [-0.39, 0.29) is 29.9 Å². The Labute approximate surface area is 165 Å². The highest BCUT2D eigenvalue weighted by atomic mass is 35.5. The number of piperidine rings is 3. The Morgan fingerprint density at radius 3 is 2.58 bits per heavy atom. The van der Waals surface area contributed by atoms with Gasteiger partial charge in [-0.3, -0.25) is 9.69 Å². The van der Waals surface area contributed by atoms with Crippen molar-refractivity contribution in [3.63, 3.8) is 0 Å². The topological polar surface area (TPSA) is 32.3 Å². The molecule has 2 aromatic rings. The molecule has 4 fully saturated rings. The molecule has 1 aromatic heterocycles. The summed E-state index contributed by atoms with van der Waals surface area (Å²) in [5.74, 6) is 1.47. The molecular formula is C21H27ClN2OS. The van der Waals surface area contributed by atoms with E-state index in [1.807, 2.05) is 0 Å². The van der Waals surface area contributed by atoms with Gasteiger partial charge in [-0.05, 0) is 81.5 Å². The van der Waals surface area contributed by atoms with E-state index in [1.165, 1.54) is 54.4 Å². The highest BCUT2D eigenvalue weighted by molar-refractivity contribution is 7.21. The summed E-state index contributed by atoms with van der Waals surface area (Å²) in [6.07, 6.45) is 5.03. The van der Waals surface area contributed by atoms with E-state index in [2.05, 4.69) is 48.3 Å². The van der Waals surface area contributed by atoms with Crippen LogP contribution in [0.15, 0.2) is 24.3 Å². The summed E-state index contributed by atoms with van der Waals surface area (Å²) in [5.41, 5.74) is 1.51. The smallest absolute Gasteiger partial charge is 0.261 e. The van der Waals surface area contributed by atoms with Crippen molar-refractivity contribution in [1.29, 1.82) is 0 Å². The van der Waals surface area contributed by atoms with Crippen molar-refractivity contribution in [3.05, 3.63) is 34.7 Å². The van der Waals surface area contributed by atoms with Crippen molar-refractivity contribution < 1.29 is 4.79 Å². The Morgan fingerprint density at radius 2 is 1.92 bits per heavy atom. The molecule has 1 unspecified atom stereocenters. The van der Waals surface area contributed by atoms with Gasteiger partial charge in [0.25, 0.3) is 5.91 Å². The Bertz CT molecular complexity index is 834. The van der Waals surface area contributed by atoms with Crippen LogP contribution in [0.25, 0.3) is 10.1 Å². The molecule has 1 atom stereocenters. The number of fused-ring (bicyclic) bond motifs is 4. The summed E-state index contributed by atoms with van der Waals surface area (Å²) in [4.78, 5) is 16.4. The number of amides is 1. The average molecular weight is 391 g/mol. The summed E-state index contributed by atoms with van der Waals surface area (Å²) >= 11 is 1.68. The second-order valence-electron chi connectivity index (χ2n) is 8.58. The maximum atomic E-state index is 13.0. The predicted molar refractivity (Wildman–Crippen MR) is 111 cm³/mol. The van der Waals surface area contributed by atoms with Gasteiger partial charge in [0, 0.05) is 16.3 Å². The van der Waals surface area contributed by atoms with Gasteiger partial charge < -0.3 is 5.32 Å². The third kappa shape index (κ3) is 2.87. The molecule has 1 N–H and O–H groups in total. The number of thiophene rings is 1. The molecule has 3 aliphatic heterocycles. The molecule has 1 saturated carbocycles. The van der Waals surface area contributed by atoms with E-state index >= 15 is 0 Å². The van der Waals surface area contributed by atoms with Crippen molar-refractivity contribution in [3.8, 4) is 0 Å². The van der Waals surface area contributed by atoms with Crippen LogP contribution in [0.4, 0.5) is 0 Å². The minimum atomic E-state index is 0. The molecule has 2 bridgehead atoms. The fraction of sp³-hybridized carbons (Fsp3) is 0.571. The van der Waals surface area contributed by atoms with Crippen molar-refractivity contribution in [2.24, 2.45) is 5.92 Å². The van der Waals surface area contributed by atoms with Crippen molar-refractivity contribution >= 4 is 39.7 Å². The van der Waals surface area contributed by atoms with Gasteiger partial charge in [-0.15, -0.1) is 23.7 Å². The van der Waals surface area contributed by atoms with Gasteiger partial charge in [0.05, 0.1) is 4.88 Å². The second-order valence-corrected chi connectivity index (χ2v) is 9.63. The number of carbonyl (C=O) groups excluding carboxylic acids is 1. The lowest BCUT2D eigenvalue weighted by atomic mass is 9.72. The first-order chi connectivity index (χ1) is 12.0. The highest BCUT2D eigenvalue weighted by Crippen LogP contribution is 2.45. The third-order valence-corrected chi connectivity index (χ3v) is 7.89. The van der Waals surface area contributed by atoms with Gasteiger partial charge in [-0.1, -0.05) is 18.2 Å².